The first-order chi connectivity index (χ1) is 17.3. The van der Waals surface area contributed by atoms with Crippen molar-refractivity contribution in [2.24, 2.45) is 0 Å². The molecule has 1 aromatic heterocycles. The standard InChI is InChI=1S/C26H22N4O6/c1-15-8-10-17(11-9-15)25-29-28-24(36-25)16(2)35-26(32)20-7-5-4-6-19(20)23(31)18-12-13-21(27-3)22(14-18)30(33)34/h4-14,16,27H,1-3H3. The van der Waals surface area contributed by atoms with Crippen LogP contribution in [0.3, 0.4) is 0 Å². The normalized spacial score (nSPS) is 11.5. The summed E-state index contributed by atoms with van der Waals surface area (Å²) in [4.78, 5) is 37.0. The first-order valence-electron chi connectivity index (χ1n) is 11.0. The van der Waals surface area contributed by atoms with E-state index in [0.717, 1.165) is 11.1 Å². The first-order valence-corrected chi connectivity index (χ1v) is 11.0. The van der Waals surface area contributed by atoms with E-state index in [1.54, 1.807) is 26.1 Å². The van der Waals surface area contributed by atoms with Crippen molar-refractivity contribution < 1.29 is 23.7 Å². The van der Waals surface area contributed by atoms with Gasteiger partial charge in [-0.3, -0.25) is 14.9 Å². The molecular weight excluding hydrogens is 464 g/mol. The molecule has 0 saturated carbocycles. The van der Waals surface area contributed by atoms with Crippen LogP contribution in [-0.2, 0) is 4.74 Å². The molecule has 10 heteroatoms. The van der Waals surface area contributed by atoms with Crippen LogP contribution >= 0.6 is 0 Å². The third-order valence-electron chi connectivity index (χ3n) is 5.49. The summed E-state index contributed by atoms with van der Waals surface area (Å²) in [5.74, 6) is -0.945. The summed E-state index contributed by atoms with van der Waals surface area (Å²) >= 11 is 0. The van der Waals surface area contributed by atoms with E-state index in [0.29, 0.717) is 0 Å². The lowest BCUT2D eigenvalue weighted by molar-refractivity contribution is -0.384. The number of esters is 1. The number of hydrogen-bond donors (Lipinski definition) is 1. The molecule has 0 radical (unpaired) electrons. The van der Waals surface area contributed by atoms with Gasteiger partial charge in [0.15, 0.2) is 11.9 Å². The van der Waals surface area contributed by atoms with Crippen LogP contribution in [0.2, 0.25) is 0 Å². The topological polar surface area (TPSA) is 137 Å². The SMILES string of the molecule is CNc1ccc(C(=O)c2ccccc2C(=O)OC(C)c2nnc(-c3ccc(C)cc3)o2)cc1[N+](=O)[O-]. The highest BCUT2D eigenvalue weighted by Gasteiger charge is 2.25. The van der Waals surface area contributed by atoms with E-state index in [2.05, 4.69) is 15.5 Å². The number of nitrogens with zero attached hydrogens (tertiary/aromatic N) is 3. The molecule has 4 rings (SSSR count). The van der Waals surface area contributed by atoms with Gasteiger partial charge in [0.1, 0.15) is 5.69 Å². The summed E-state index contributed by atoms with van der Waals surface area (Å²) in [7, 11) is 1.55. The molecule has 0 fully saturated rings. The van der Waals surface area contributed by atoms with Gasteiger partial charge in [-0.15, -0.1) is 10.2 Å². The highest BCUT2D eigenvalue weighted by Crippen LogP contribution is 2.28. The molecule has 1 unspecified atom stereocenters. The molecule has 0 aliphatic rings. The number of anilines is 1. The fourth-order valence-corrected chi connectivity index (χ4v) is 3.54. The number of rotatable bonds is 8. The molecule has 10 nitrogen and oxygen atoms in total. The first kappa shape index (κ1) is 24.3. The van der Waals surface area contributed by atoms with Gasteiger partial charge in [0, 0.05) is 29.8 Å². The Bertz CT molecular complexity index is 1450. The molecule has 0 bridgehead atoms. The fourth-order valence-electron chi connectivity index (χ4n) is 3.54. The van der Waals surface area contributed by atoms with Crippen molar-refractivity contribution in [3.8, 4) is 11.5 Å². The predicted molar refractivity (Wildman–Crippen MR) is 131 cm³/mol. The molecule has 4 aromatic rings. The van der Waals surface area contributed by atoms with Crippen LogP contribution in [-0.4, -0.2) is 33.9 Å². The molecule has 1 heterocycles. The number of aryl methyl sites for hydroxylation is 1. The molecule has 0 spiro atoms. The third kappa shape index (κ3) is 4.97. The zero-order valence-corrected chi connectivity index (χ0v) is 19.7. The number of nitro benzene ring substituents is 1. The Morgan fingerprint density at radius 2 is 1.72 bits per heavy atom. The molecule has 36 heavy (non-hydrogen) atoms. The maximum Gasteiger partial charge on any atom is 0.339 e. The van der Waals surface area contributed by atoms with Gasteiger partial charge >= 0.3 is 5.97 Å². The number of ether oxygens (including phenoxy) is 1. The number of hydrogen-bond acceptors (Lipinski definition) is 9. The minimum atomic E-state index is -0.886. The lowest BCUT2D eigenvalue weighted by Crippen LogP contribution is -2.15. The summed E-state index contributed by atoms with van der Waals surface area (Å²) in [5, 5.41) is 22.1. The van der Waals surface area contributed by atoms with Crippen LogP contribution in [0.15, 0.2) is 71.1 Å². The molecule has 0 aliphatic heterocycles. The zero-order chi connectivity index (χ0) is 25.8. The van der Waals surface area contributed by atoms with Crippen LogP contribution in [0, 0.1) is 17.0 Å². The lowest BCUT2D eigenvalue weighted by atomic mass is 9.97. The Morgan fingerprint density at radius 3 is 2.39 bits per heavy atom. The van der Waals surface area contributed by atoms with E-state index < -0.39 is 22.8 Å². The summed E-state index contributed by atoms with van der Waals surface area (Å²) in [5.41, 5.74) is 1.95. The minimum Gasteiger partial charge on any atom is -0.449 e. The fraction of sp³-hybridized carbons (Fsp3) is 0.154. The summed E-state index contributed by atoms with van der Waals surface area (Å²) < 4.78 is 11.2. The third-order valence-corrected chi connectivity index (χ3v) is 5.49. The average molecular weight is 486 g/mol. The van der Waals surface area contributed by atoms with Gasteiger partial charge in [-0.25, -0.2) is 4.79 Å². The van der Waals surface area contributed by atoms with E-state index in [9.17, 15) is 19.7 Å². The Balaban J connectivity index is 1.56. The monoisotopic (exact) mass is 486 g/mol. The van der Waals surface area contributed by atoms with Crippen LogP contribution < -0.4 is 5.32 Å². The Kier molecular flexibility index (Phi) is 6.86. The second kappa shape index (κ2) is 10.2. The van der Waals surface area contributed by atoms with Crippen molar-refractivity contribution in [1.29, 1.82) is 0 Å². The van der Waals surface area contributed by atoms with Crippen molar-refractivity contribution in [2.75, 3.05) is 12.4 Å². The van der Waals surface area contributed by atoms with Gasteiger partial charge in [-0.05, 0) is 44.2 Å². The van der Waals surface area contributed by atoms with Crippen molar-refractivity contribution >= 4 is 23.1 Å². The number of nitro groups is 1. The lowest BCUT2D eigenvalue weighted by Gasteiger charge is -2.12. The largest absolute Gasteiger partial charge is 0.449 e. The summed E-state index contributed by atoms with van der Waals surface area (Å²) in [6.07, 6.45) is -0.886. The highest BCUT2D eigenvalue weighted by molar-refractivity contribution is 6.14. The highest BCUT2D eigenvalue weighted by atomic mass is 16.6. The second-order valence-corrected chi connectivity index (χ2v) is 7.97. The van der Waals surface area contributed by atoms with E-state index in [1.165, 1.54) is 30.3 Å². The predicted octanol–water partition coefficient (Wildman–Crippen LogP) is 5.14. The Labute approximate surface area is 206 Å². The second-order valence-electron chi connectivity index (χ2n) is 7.97. The van der Waals surface area contributed by atoms with Gasteiger partial charge in [0.25, 0.3) is 11.6 Å². The van der Waals surface area contributed by atoms with Gasteiger partial charge in [-0.1, -0.05) is 35.9 Å². The number of nitrogens with one attached hydrogen (secondary N) is 1. The zero-order valence-electron chi connectivity index (χ0n) is 19.7. The quantitative estimate of drug-likeness (QED) is 0.155. The Morgan fingerprint density at radius 1 is 1.03 bits per heavy atom. The van der Waals surface area contributed by atoms with Gasteiger partial charge in [0.05, 0.1) is 10.5 Å². The summed E-state index contributed by atoms with van der Waals surface area (Å²) in [6.45, 7) is 3.54. The molecule has 1 N–H and O–H groups in total. The Hall–Kier alpha value is -4.86. The number of carbonyl (C=O) groups is 2. The number of carbonyl (C=O) groups excluding carboxylic acids is 2. The van der Waals surface area contributed by atoms with E-state index in [1.807, 2.05) is 31.2 Å². The summed E-state index contributed by atoms with van der Waals surface area (Å²) in [6, 6.07) is 17.7. The van der Waals surface area contributed by atoms with Crippen LogP contribution in [0.4, 0.5) is 11.4 Å². The van der Waals surface area contributed by atoms with Crippen LogP contribution in [0.1, 0.15) is 50.8 Å². The minimum absolute atomic E-state index is 0.00738. The number of ketones is 1. The van der Waals surface area contributed by atoms with Gasteiger partial charge < -0.3 is 14.5 Å². The molecule has 0 amide bonds. The van der Waals surface area contributed by atoms with Crippen molar-refractivity contribution in [3.63, 3.8) is 0 Å². The number of aromatic nitrogens is 2. The molecule has 3 aromatic carbocycles. The molecule has 0 saturated heterocycles. The smallest absolute Gasteiger partial charge is 0.339 e. The van der Waals surface area contributed by atoms with E-state index in [-0.39, 0.29) is 39.8 Å². The van der Waals surface area contributed by atoms with Crippen molar-refractivity contribution in [1.82, 2.24) is 10.2 Å². The van der Waals surface area contributed by atoms with Gasteiger partial charge in [0.2, 0.25) is 5.89 Å². The molecule has 182 valence electrons. The van der Waals surface area contributed by atoms with E-state index in [4.69, 9.17) is 9.15 Å². The average Bonchev–Trinajstić information content (AvgIpc) is 3.39. The van der Waals surface area contributed by atoms with Gasteiger partial charge in [-0.2, -0.15) is 0 Å². The molecule has 0 aliphatic carbocycles. The molecule has 1 atom stereocenters. The van der Waals surface area contributed by atoms with Crippen molar-refractivity contribution in [3.05, 3.63) is 105 Å². The number of benzene rings is 3. The van der Waals surface area contributed by atoms with Crippen molar-refractivity contribution in [2.45, 2.75) is 20.0 Å². The van der Waals surface area contributed by atoms with Crippen LogP contribution in [0.25, 0.3) is 11.5 Å². The maximum absolute atomic E-state index is 13.2. The van der Waals surface area contributed by atoms with Crippen LogP contribution in [0.5, 0.6) is 0 Å². The maximum atomic E-state index is 13.2. The van der Waals surface area contributed by atoms with E-state index >= 15 is 0 Å². The molecular formula is C26H22N4O6.